The third-order valence-corrected chi connectivity index (χ3v) is 2.77. The molecule has 1 aromatic heterocycles. The van der Waals surface area contributed by atoms with E-state index < -0.39 is 17.7 Å². The van der Waals surface area contributed by atoms with Crippen LogP contribution in [0.2, 0.25) is 0 Å². The molecule has 0 radical (unpaired) electrons. The van der Waals surface area contributed by atoms with Crippen LogP contribution in [0, 0.1) is 18.6 Å². The quantitative estimate of drug-likeness (QED) is 0.647. The topological polar surface area (TPSA) is 50.9 Å². The first kappa shape index (κ1) is 12.6. The predicted octanol–water partition coefficient (Wildman–Crippen LogP) is 2.22. The van der Waals surface area contributed by atoms with Gasteiger partial charge < -0.3 is 0 Å². The molecule has 3 N–H and O–H groups in total. The second kappa shape index (κ2) is 5.20. The Morgan fingerprint density at radius 2 is 2.00 bits per heavy atom. The molecule has 0 aliphatic carbocycles. The van der Waals surface area contributed by atoms with Crippen LogP contribution in [0.4, 0.5) is 8.78 Å². The van der Waals surface area contributed by atoms with Gasteiger partial charge in [0.05, 0.1) is 11.7 Å². The van der Waals surface area contributed by atoms with Crippen LogP contribution in [0.25, 0.3) is 0 Å². The van der Waals surface area contributed by atoms with Crippen LogP contribution in [-0.2, 0) is 0 Å². The lowest BCUT2D eigenvalue weighted by Gasteiger charge is -2.17. The summed E-state index contributed by atoms with van der Waals surface area (Å²) in [5, 5.41) is 0. The maximum atomic E-state index is 13.2. The summed E-state index contributed by atoms with van der Waals surface area (Å²) in [5.41, 5.74) is 4.70. The van der Waals surface area contributed by atoms with Crippen molar-refractivity contribution in [2.24, 2.45) is 5.84 Å². The van der Waals surface area contributed by atoms with Crippen LogP contribution in [0.5, 0.6) is 0 Å². The molecule has 2 rings (SSSR count). The number of benzene rings is 1. The Bertz CT molecular complexity index is 558. The number of nitrogens with one attached hydrogen (secondary N) is 1. The lowest BCUT2D eigenvalue weighted by molar-refractivity contribution is 0.503. The van der Waals surface area contributed by atoms with Gasteiger partial charge in [-0.05, 0) is 36.2 Å². The molecule has 0 fully saturated rings. The molecule has 0 amide bonds. The van der Waals surface area contributed by atoms with Crippen LogP contribution in [0.1, 0.15) is 22.9 Å². The number of aryl methyl sites for hydroxylation is 1. The van der Waals surface area contributed by atoms with Gasteiger partial charge in [-0.3, -0.25) is 10.8 Å². The normalized spacial score (nSPS) is 12.4. The van der Waals surface area contributed by atoms with E-state index in [-0.39, 0.29) is 0 Å². The molecule has 18 heavy (non-hydrogen) atoms. The Morgan fingerprint density at radius 3 is 2.61 bits per heavy atom. The summed E-state index contributed by atoms with van der Waals surface area (Å²) in [7, 11) is 0. The second-order valence-electron chi connectivity index (χ2n) is 3.98. The van der Waals surface area contributed by atoms with Gasteiger partial charge in [0.25, 0.3) is 0 Å². The van der Waals surface area contributed by atoms with Gasteiger partial charge in [-0.1, -0.05) is 12.1 Å². The standard InChI is InChI=1S/C13H13F2N3/c1-8-3-2-6-17-12(8)13(18-16)9-4-5-10(14)11(15)7-9/h2-7,13,18H,16H2,1H3. The average molecular weight is 249 g/mol. The number of hydrazine groups is 1. The maximum Gasteiger partial charge on any atom is 0.159 e. The van der Waals surface area contributed by atoms with E-state index in [4.69, 9.17) is 5.84 Å². The van der Waals surface area contributed by atoms with Gasteiger partial charge in [0.15, 0.2) is 11.6 Å². The number of nitrogens with two attached hydrogens (primary N) is 1. The van der Waals surface area contributed by atoms with Gasteiger partial charge in [-0.2, -0.15) is 0 Å². The number of nitrogens with zero attached hydrogens (tertiary/aromatic N) is 1. The molecular formula is C13H13F2N3. The molecule has 0 aliphatic rings. The third-order valence-electron chi connectivity index (χ3n) is 2.77. The zero-order chi connectivity index (χ0) is 13.1. The van der Waals surface area contributed by atoms with Crippen molar-refractivity contribution in [2.45, 2.75) is 13.0 Å². The second-order valence-corrected chi connectivity index (χ2v) is 3.98. The first-order valence-electron chi connectivity index (χ1n) is 5.46. The summed E-state index contributed by atoms with van der Waals surface area (Å²) in [6.45, 7) is 1.88. The van der Waals surface area contributed by atoms with Crippen molar-refractivity contribution >= 4 is 0 Å². The van der Waals surface area contributed by atoms with Crippen LogP contribution < -0.4 is 11.3 Å². The Balaban J connectivity index is 2.45. The van der Waals surface area contributed by atoms with Gasteiger partial charge >= 0.3 is 0 Å². The molecule has 0 saturated carbocycles. The van der Waals surface area contributed by atoms with Crippen molar-refractivity contribution in [1.29, 1.82) is 0 Å². The predicted molar refractivity (Wildman–Crippen MR) is 64.5 cm³/mol. The van der Waals surface area contributed by atoms with E-state index in [1.165, 1.54) is 6.07 Å². The zero-order valence-corrected chi connectivity index (χ0v) is 9.82. The first-order chi connectivity index (χ1) is 8.63. The largest absolute Gasteiger partial charge is 0.271 e. The Hall–Kier alpha value is -1.85. The Kier molecular flexibility index (Phi) is 3.64. The number of hydrogen-bond acceptors (Lipinski definition) is 3. The highest BCUT2D eigenvalue weighted by Crippen LogP contribution is 2.23. The smallest absolute Gasteiger partial charge is 0.159 e. The summed E-state index contributed by atoms with van der Waals surface area (Å²) in [6, 6.07) is 6.89. The Labute approximate surface area is 104 Å². The molecule has 0 bridgehead atoms. The van der Waals surface area contributed by atoms with E-state index in [0.717, 1.165) is 17.7 Å². The van der Waals surface area contributed by atoms with Crippen molar-refractivity contribution in [1.82, 2.24) is 10.4 Å². The molecule has 1 atom stereocenters. The molecule has 1 aromatic carbocycles. The molecule has 3 nitrogen and oxygen atoms in total. The lowest BCUT2D eigenvalue weighted by atomic mass is 10.0. The van der Waals surface area contributed by atoms with Crippen molar-refractivity contribution < 1.29 is 8.78 Å². The number of rotatable bonds is 3. The molecule has 2 aromatic rings. The van der Waals surface area contributed by atoms with Gasteiger partial charge in [0.2, 0.25) is 0 Å². The highest BCUT2D eigenvalue weighted by molar-refractivity contribution is 5.32. The van der Waals surface area contributed by atoms with Crippen molar-refractivity contribution in [3.8, 4) is 0 Å². The fourth-order valence-electron chi connectivity index (χ4n) is 1.83. The van der Waals surface area contributed by atoms with Crippen LogP contribution in [-0.4, -0.2) is 4.98 Å². The minimum Gasteiger partial charge on any atom is -0.271 e. The molecule has 0 aliphatic heterocycles. The molecule has 5 heteroatoms. The first-order valence-corrected chi connectivity index (χ1v) is 5.46. The van der Waals surface area contributed by atoms with E-state index in [0.29, 0.717) is 11.3 Å². The van der Waals surface area contributed by atoms with Gasteiger partial charge in [0, 0.05) is 6.20 Å². The molecule has 1 unspecified atom stereocenters. The molecular weight excluding hydrogens is 236 g/mol. The van der Waals surface area contributed by atoms with E-state index in [1.807, 2.05) is 13.0 Å². The lowest BCUT2D eigenvalue weighted by Crippen LogP contribution is -2.30. The van der Waals surface area contributed by atoms with E-state index in [2.05, 4.69) is 10.4 Å². The number of hydrogen-bond donors (Lipinski definition) is 2. The molecule has 0 spiro atoms. The fraction of sp³-hybridized carbons (Fsp3) is 0.154. The van der Waals surface area contributed by atoms with E-state index in [1.54, 1.807) is 12.3 Å². The average Bonchev–Trinajstić information content (AvgIpc) is 2.37. The summed E-state index contributed by atoms with van der Waals surface area (Å²) < 4.78 is 26.1. The van der Waals surface area contributed by atoms with Crippen LogP contribution in [0.3, 0.4) is 0 Å². The highest BCUT2D eigenvalue weighted by atomic mass is 19.2. The summed E-state index contributed by atoms with van der Waals surface area (Å²) >= 11 is 0. The third kappa shape index (κ3) is 2.37. The maximum absolute atomic E-state index is 13.2. The minimum absolute atomic E-state index is 0.471. The fourth-order valence-corrected chi connectivity index (χ4v) is 1.83. The van der Waals surface area contributed by atoms with E-state index >= 15 is 0 Å². The molecule has 94 valence electrons. The number of aromatic nitrogens is 1. The zero-order valence-electron chi connectivity index (χ0n) is 9.82. The SMILES string of the molecule is Cc1cccnc1C(NN)c1ccc(F)c(F)c1. The van der Waals surface area contributed by atoms with Crippen LogP contribution in [0.15, 0.2) is 36.5 Å². The van der Waals surface area contributed by atoms with Crippen LogP contribution >= 0.6 is 0 Å². The summed E-state index contributed by atoms with van der Waals surface area (Å²) in [5.74, 6) is 3.70. The number of pyridine rings is 1. The van der Waals surface area contributed by atoms with Gasteiger partial charge in [-0.15, -0.1) is 0 Å². The van der Waals surface area contributed by atoms with Crippen molar-refractivity contribution in [2.75, 3.05) is 0 Å². The van der Waals surface area contributed by atoms with Crippen molar-refractivity contribution in [3.63, 3.8) is 0 Å². The monoisotopic (exact) mass is 249 g/mol. The van der Waals surface area contributed by atoms with Gasteiger partial charge in [0.1, 0.15) is 0 Å². The van der Waals surface area contributed by atoms with Crippen molar-refractivity contribution in [3.05, 3.63) is 65.0 Å². The summed E-state index contributed by atoms with van der Waals surface area (Å²) in [6.07, 6.45) is 1.63. The van der Waals surface area contributed by atoms with E-state index in [9.17, 15) is 8.78 Å². The highest BCUT2D eigenvalue weighted by Gasteiger charge is 2.17. The minimum atomic E-state index is -0.902. The molecule has 1 heterocycles. The Morgan fingerprint density at radius 1 is 1.22 bits per heavy atom. The van der Waals surface area contributed by atoms with Gasteiger partial charge in [-0.25, -0.2) is 14.2 Å². The molecule has 0 saturated heterocycles. The number of halogens is 2. The summed E-state index contributed by atoms with van der Waals surface area (Å²) in [4.78, 5) is 4.22.